The smallest absolute Gasteiger partial charge is 0.253 e. The number of likely N-dealkylation sites (tertiary alicyclic amines) is 1. The number of carbonyl (C=O) groups excluding carboxylic acids is 3. The minimum absolute atomic E-state index is 0.101. The molecule has 3 amide bonds. The standard InChI is InChI=1S/C38H50N4O5/c1-8-21-39(7)34(44)31-32-35(45)42(30(25-43)23-27-15-13-12-14-16-27)33(38(32)24-26(5)37(31,6)47-38)36(46)41(22-9-2)29-19-17-28(18-20-29)40(10-3)11-4/h8-9,12-20,26,30-33,43H,1-2,10-11,21-25H2,3-7H3/t26?,30-,31+,32+,33?,37-,38?/m1/s1. The zero-order valence-corrected chi connectivity index (χ0v) is 28.5. The second kappa shape index (κ2) is 13.6. The molecule has 0 aliphatic carbocycles. The number of hydrogen-bond donors (Lipinski definition) is 1. The Morgan fingerprint density at radius 3 is 2.21 bits per heavy atom. The molecule has 3 unspecified atom stereocenters. The SMILES string of the molecule is C=CCN(C)C(=O)[C@@H]1[C@H]2C(=O)N([C@@H](CO)Cc3ccccc3)C(C(=O)N(CC=C)c3ccc(N(CC)CC)cc3)C23CC(C)[C@@]1(C)O3. The van der Waals surface area contributed by atoms with E-state index in [0.29, 0.717) is 25.1 Å². The van der Waals surface area contributed by atoms with Crippen molar-refractivity contribution in [2.24, 2.45) is 17.8 Å². The minimum atomic E-state index is -1.25. The van der Waals surface area contributed by atoms with E-state index < -0.39 is 35.1 Å². The van der Waals surface area contributed by atoms with E-state index in [1.165, 1.54) is 0 Å². The van der Waals surface area contributed by atoms with Gasteiger partial charge in [0.15, 0.2) is 0 Å². The molecular formula is C38H50N4O5. The summed E-state index contributed by atoms with van der Waals surface area (Å²) in [6.45, 7) is 17.8. The first-order valence-corrected chi connectivity index (χ1v) is 16.8. The second-order valence-electron chi connectivity index (χ2n) is 13.4. The molecule has 9 nitrogen and oxygen atoms in total. The molecule has 252 valence electrons. The van der Waals surface area contributed by atoms with Crippen LogP contribution in [0.2, 0.25) is 0 Å². The largest absolute Gasteiger partial charge is 0.394 e. The lowest BCUT2D eigenvalue weighted by Gasteiger charge is -2.39. The summed E-state index contributed by atoms with van der Waals surface area (Å²) in [5, 5.41) is 10.9. The van der Waals surface area contributed by atoms with Crippen molar-refractivity contribution < 1.29 is 24.2 Å². The third-order valence-corrected chi connectivity index (χ3v) is 10.8. The summed E-state index contributed by atoms with van der Waals surface area (Å²) in [6.07, 6.45) is 4.11. The number of hydrogen-bond acceptors (Lipinski definition) is 6. The first-order chi connectivity index (χ1) is 22.5. The lowest BCUT2D eigenvalue weighted by atomic mass is 9.62. The summed E-state index contributed by atoms with van der Waals surface area (Å²) in [5.41, 5.74) is 0.461. The van der Waals surface area contributed by atoms with Crippen molar-refractivity contribution in [1.29, 1.82) is 0 Å². The van der Waals surface area contributed by atoms with Crippen molar-refractivity contribution in [2.75, 3.05) is 49.6 Å². The number of ether oxygens (including phenoxy) is 1. The van der Waals surface area contributed by atoms with Crippen LogP contribution in [0, 0.1) is 17.8 Å². The van der Waals surface area contributed by atoms with Crippen molar-refractivity contribution in [3.05, 3.63) is 85.5 Å². The van der Waals surface area contributed by atoms with Gasteiger partial charge in [-0.3, -0.25) is 14.4 Å². The van der Waals surface area contributed by atoms with E-state index in [1.54, 1.807) is 33.9 Å². The first kappa shape index (κ1) is 34.4. The Morgan fingerprint density at radius 1 is 1.02 bits per heavy atom. The highest BCUT2D eigenvalue weighted by atomic mass is 16.5. The molecule has 47 heavy (non-hydrogen) atoms. The van der Waals surface area contributed by atoms with E-state index in [9.17, 15) is 14.7 Å². The third-order valence-electron chi connectivity index (χ3n) is 10.8. The van der Waals surface area contributed by atoms with Crippen molar-refractivity contribution in [3.8, 4) is 0 Å². The van der Waals surface area contributed by atoms with Crippen LogP contribution in [0.5, 0.6) is 0 Å². The lowest BCUT2D eigenvalue weighted by Crippen LogP contribution is -2.59. The molecule has 2 bridgehead atoms. The second-order valence-corrected chi connectivity index (χ2v) is 13.4. The molecule has 2 aromatic rings. The summed E-state index contributed by atoms with van der Waals surface area (Å²) in [4.78, 5) is 51.2. The number of aliphatic hydroxyl groups excluding tert-OH is 1. The molecule has 3 saturated heterocycles. The Labute approximate surface area is 279 Å². The van der Waals surface area contributed by atoms with Crippen LogP contribution < -0.4 is 9.80 Å². The number of likely N-dealkylation sites (N-methyl/N-ethyl adjacent to an activating group) is 1. The number of fused-ring (bicyclic) bond motifs is 1. The van der Waals surface area contributed by atoms with Crippen LogP contribution in [0.4, 0.5) is 11.4 Å². The molecule has 1 N–H and O–H groups in total. The fourth-order valence-electron chi connectivity index (χ4n) is 8.41. The Balaban J connectivity index is 1.63. The van der Waals surface area contributed by atoms with Crippen molar-refractivity contribution >= 4 is 29.1 Å². The maximum Gasteiger partial charge on any atom is 0.253 e. The van der Waals surface area contributed by atoms with Gasteiger partial charge in [-0.15, -0.1) is 13.2 Å². The van der Waals surface area contributed by atoms with Crippen molar-refractivity contribution in [3.63, 3.8) is 0 Å². The molecule has 3 heterocycles. The molecule has 2 aromatic carbocycles. The van der Waals surface area contributed by atoms with Gasteiger partial charge in [-0.25, -0.2) is 0 Å². The summed E-state index contributed by atoms with van der Waals surface area (Å²) in [7, 11) is 1.70. The summed E-state index contributed by atoms with van der Waals surface area (Å²) in [5.74, 6) is -2.61. The lowest BCUT2D eigenvalue weighted by molar-refractivity contribution is -0.153. The molecule has 1 spiro atoms. The van der Waals surface area contributed by atoms with Crippen LogP contribution in [0.15, 0.2) is 79.9 Å². The van der Waals surface area contributed by atoms with Crippen LogP contribution in [0.25, 0.3) is 0 Å². The maximum absolute atomic E-state index is 15.1. The predicted octanol–water partition coefficient (Wildman–Crippen LogP) is 4.31. The highest BCUT2D eigenvalue weighted by Gasteiger charge is 2.80. The van der Waals surface area contributed by atoms with Gasteiger partial charge in [0.25, 0.3) is 5.91 Å². The van der Waals surface area contributed by atoms with Crippen LogP contribution in [0.1, 0.15) is 39.7 Å². The zero-order chi connectivity index (χ0) is 34.1. The van der Waals surface area contributed by atoms with Gasteiger partial charge in [-0.1, -0.05) is 49.4 Å². The topological polar surface area (TPSA) is 93.6 Å². The van der Waals surface area contributed by atoms with Crippen LogP contribution in [0.3, 0.4) is 0 Å². The molecule has 5 rings (SSSR count). The van der Waals surface area contributed by atoms with Crippen LogP contribution in [-0.2, 0) is 25.5 Å². The molecule has 3 fully saturated rings. The van der Waals surface area contributed by atoms with Gasteiger partial charge >= 0.3 is 0 Å². The summed E-state index contributed by atoms with van der Waals surface area (Å²) < 4.78 is 6.97. The van der Waals surface area contributed by atoms with Crippen LogP contribution in [-0.4, -0.2) is 95.7 Å². The molecule has 0 saturated carbocycles. The average molecular weight is 643 g/mol. The first-order valence-electron chi connectivity index (χ1n) is 16.8. The van der Waals surface area contributed by atoms with Crippen molar-refractivity contribution in [2.45, 2.75) is 63.8 Å². The Hall–Kier alpha value is -3.95. The van der Waals surface area contributed by atoms with Gasteiger partial charge in [0.1, 0.15) is 11.6 Å². The van der Waals surface area contributed by atoms with E-state index >= 15 is 4.79 Å². The van der Waals surface area contributed by atoms with Crippen molar-refractivity contribution in [1.82, 2.24) is 9.80 Å². The summed E-state index contributed by atoms with van der Waals surface area (Å²) >= 11 is 0. The highest BCUT2D eigenvalue weighted by Crippen LogP contribution is 2.66. The molecule has 9 heteroatoms. The van der Waals surface area contributed by atoms with E-state index in [0.717, 1.165) is 24.3 Å². The van der Waals surface area contributed by atoms with E-state index in [1.807, 2.05) is 68.4 Å². The van der Waals surface area contributed by atoms with Gasteiger partial charge in [0, 0.05) is 44.6 Å². The number of carbonyl (C=O) groups is 3. The third kappa shape index (κ3) is 5.67. The van der Waals surface area contributed by atoms with E-state index in [4.69, 9.17) is 4.74 Å². The minimum Gasteiger partial charge on any atom is -0.394 e. The highest BCUT2D eigenvalue weighted by molar-refractivity contribution is 6.05. The molecule has 7 atom stereocenters. The summed E-state index contributed by atoms with van der Waals surface area (Å²) in [6, 6.07) is 15.7. The van der Waals surface area contributed by atoms with Gasteiger partial charge in [-0.05, 0) is 69.4 Å². The number of aliphatic hydroxyl groups is 1. The number of amides is 3. The molecule has 3 aliphatic rings. The van der Waals surface area contributed by atoms with E-state index in [2.05, 4.69) is 31.9 Å². The fraction of sp³-hybridized carbons (Fsp3) is 0.500. The van der Waals surface area contributed by atoms with Gasteiger partial charge in [-0.2, -0.15) is 0 Å². The van der Waals surface area contributed by atoms with Gasteiger partial charge < -0.3 is 29.4 Å². The normalized spacial score (nSPS) is 28.1. The molecule has 0 aromatic heterocycles. The average Bonchev–Trinajstić information content (AvgIpc) is 3.59. The number of rotatable bonds is 14. The fourth-order valence-corrected chi connectivity index (χ4v) is 8.41. The Kier molecular flexibility index (Phi) is 9.99. The van der Waals surface area contributed by atoms with Gasteiger partial charge in [0.05, 0.1) is 30.1 Å². The molecule has 0 radical (unpaired) electrons. The maximum atomic E-state index is 15.1. The zero-order valence-electron chi connectivity index (χ0n) is 28.5. The Bertz CT molecular complexity index is 1480. The monoisotopic (exact) mass is 642 g/mol. The Morgan fingerprint density at radius 2 is 1.64 bits per heavy atom. The van der Waals surface area contributed by atoms with Crippen LogP contribution >= 0.6 is 0 Å². The molecule has 3 aliphatic heterocycles. The van der Waals surface area contributed by atoms with E-state index in [-0.39, 0.29) is 36.8 Å². The number of nitrogens with zero attached hydrogens (tertiary/aromatic N) is 4. The predicted molar refractivity (Wildman–Crippen MR) is 185 cm³/mol. The molecular weight excluding hydrogens is 592 g/mol. The number of anilines is 2. The number of benzene rings is 2. The van der Waals surface area contributed by atoms with Gasteiger partial charge in [0.2, 0.25) is 11.8 Å². The quantitative estimate of drug-likeness (QED) is 0.309.